The Bertz CT molecular complexity index is 1210. The van der Waals surface area contributed by atoms with E-state index in [1.165, 1.54) is 24.4 Å². The van der Waals surface area contributed by atoms with Gasteiger partial charge in [0.05, 0.1) is 30.8 Å². The Morgan fingerprint density at radius 1 is 1.03 bits per heavy atom. The van der Waals surface area contributed by atoms with Crippen LogP contribution in [0.3, 0.4) is 0 Å². The van der Waals surface area contributed by atoms with Gasteiger partial charge in [-0.2, -0.15) is 0 Å². The van der Waals surface area contributed by atoms with Gasteiger partial charge in [0.2, 0.25) is 5.91 Å². The first-order chi connectivity index (χ1) is 17.5. The zero-order valence-electron chi connectivity index (χ0n) is 20.7. The number of amidine groups is 1. The SMILES string of the molecule is COC(=O)C1=C(C)N=C2SC=C(CC(=O)N3CCC(Cc4ccccc4)CC3)N2C1c1ccccc1. The number of ether oxygens (including phenoxy) is 1. The van der Waals surface area contributed by atoms with Crippen LogP contribution in [0.5, 0.6) is 0 Å². The van der Waals surface area contributed by atoms with Crippen molar-refractivity contribution in [2.45, 2.75) is 38.6 Å². The molecule has 1 amide bonds. The third kappa shape index (κ3) is 4.98. The van der Waals surface area contributed by atoms with E-state index >= 15 is 0 Å². The number of hydrogen-bond acceptors (Lipinski definition) is 6. The summed E-state index contributed by atoms with van der Waals surface area (Å²) >= 11 is 1.51. The minimum atomic E-state index is -0.396. The average Bonchev–Trinajstić information content (AvgIpc) is 3.30. The van der Waals surface area contributed by atoms with E-state index in [0.29, 0.717) is 17.2 Å². The summed E-state index contributed by atoms with van der Waals surface area (Å²) in [5.74, 6) is 0.336. The van der Waals surface area contributed by atoms with Crippen molar-refractivity contribution in [2.24, 2.45) is 10.9 Å². The third-order valence-corrected chi connectivity index (χ3v) is 8.08. The fraction of sp³-hybridized carbons (Fsp3) is 0.345. The predicted molar refractivity (Wildman–Crippen MR) is 143 cm³/mol. The number of carbonyl (C=O) groups is 2. The van der Waals surface area contributed by atoms with Crippen LogP contribution in [0, 0.1) is 5.92 Å². The fourth-order valence-electron chi connectivity index (χ4n) is 5.29. The molecule has 1 fully saturated rings. The van der Waals surface area contributed by atoms with Gasteiger partial charge < -0.3 is 14.5 Å². The molecule has 36 heavy (non-hydrogen) atoms. The van der Waals surface area contributed by atoms with Crippen LogP contribution in [0.1, 0.15) is 43.4 Å². The van der Waals surface area contributed by atoms with Crippen molar-refractivity contribution in [3.63, 3.8) is 0 Å². The molecule has 7 heteroatoms. The lowest BCUT2D eigenvalue weighted by atomic mass is 9.90. The van der Waals surface area contributed by atoms with Gasteiger partial charge in [0.15, 0.2) is 5.17 Å². The number of allylic oxidation sites excluding steroid dienone is 1. The van der Waals surface area contributed by atoms with Gasteiger partial charge in [-0.15, -0.1) is 0 Å². The van der Waals surface area contributed by atoms with Crippen molar-refractivity contribution in [3.05, 3.63) is 94.2 Å². The highest BCUT2D eigenvalue weighted by atomic mass is 32.2. The molecule has 1 unspecified atom stereocenters. The normalized spacial score (nSPS) is 20.1. The largest absolute Gasteiger partial charge is 0.466 e. The van der Waals surface area contributed by atoms with E-state index in [1.807, 2.05) is 58.5 Å². The summed E-state index contributed by atoms with van der Waals surface area (Å²) in [5.41, 5.74) is 4.36. The summed E-state index contributed by atoms with van der Waals surface area (Å²) in [4.78, 5) is 34.9. The molecule has 0 bridgehead atoms. The van der Waals surface area contributed by atoms with Crippen LogP contribution >= 0.6 is 11.8 Å². The maximum absolute atomic E-state index is 13.4. The predicted octanol–water partition coefficient (Wildman–Crippen LogP) is 5.31. The van der Waals surface area contributed by atoms with E-state index in [1.54, 1.807) is 0 Å². The molecule has 3 aliphatic rings. The minimum Gasteiger partial charge on any atom is -0.466 e. The maximum atomic E-state index is 13.4. The molecular formula is C29H31N3O3S. The van der Waals surface area contributed by atoms with Crippen LogP contribution in [0.4, 0.5) is 0 Å². The Labute approximate surface area is 216 Å². The zero-order valence-corrected chi connectivity index (χ0v) is 21.5. The van der Waals surface area contributed by atoms with E-state index in [4.69, 9.17) is 9.73 Å². The Morgan fingerprint density at radius 2 is 1.69 bits per heavy atom. The number of aliphatic imine (C=N–C) groups is 1. The van der Waals surface area contributed by atoms with E-state index in [2.05, 4.69) is 24.3 Å². The molecule has 6 nitrogen and oxygen atoms in total. The Balaban J connectivity index is 1.29. The third-order valence-electron chi connectivity index (χ3n) is 7.19. The number of hydrogen-bond donors (Lipinski definition) is 0. The van der Waals surface area contributed by atoms with Crippen LogP contribution in [0.25, 0.3) is 0 Å². The molecule has 3 heterocycles. The summed E-state index contributed by atoms with van der Waals surface area (Å²) in [5, 5.41) is 2.79. The minimum absolute atomic E-state index is 0.124. The summed E-state index contributed by atoms with van der Waals surface area (Å²) in [7, 11) is 1.39. The number of amides is 1. The first kappa shape index (κ1) is 24.4. The van der Waals surface area contributed by atoms with E-state index in [0.717, 1.165) is 48.8 Å². The number of fused-ring (bicyclic) bond motifs is 1. The number of thioether (sulfide) groups is 1. The van der Waals surface area contributed by atoms with Gasteiger partial charge in [0, 0.05) is 18.8 Å². The first-order valence-corrected chi connectivity index (χ1v) is 13.3. The van der Waals surface area contributed by atoms with Gasteiger partial charge in [-0.25, -0.2) is 9.79 Å². The monoisotopic (exact) mass is 501 g/mol. The smallest absolute Gasteiger partial charge is 0.338 e. The van der Waals surface area contributed by atoms with Gasteiger partial charge in [0.25, 0.3) is 0 Å². The van der Waals surface area contributed by atoms with E-state index in [-0.39, 0.29) is 18.4 Å². The number of piperidine rings is 1. The number of methoxy groups -OCH3 is 1. The molecule has 0 N–H and O–H groups in total. The number of rotatable bonds is 6. The van der Waals surface area contributed by atoms with Crippen LogP contribution in [-0.2, 0) is 20.7 Å². The summed E-state index contributed by atoms with van der Waals surface area (Å²) in [6, 6.07) is 20.1. The van der Waals surface area contributed by atoms with Crippen LogP contribution in [-0.4, -0.2) is 47.0 Å². The Kier molecular flexibility index (Phi) is 7.28. The number of esters is 1. The average molecular weight is 502 g/mol. The topological polar surface area (TPSA) is 62.2 Å². The van der Waals surface area contributed by atoms with Gasteiger partial charge in [0.1, 0.15) is 0 Å². The lowest BCUT2D eigenvalue weighted by Crippen LogP contribution is -2.41. The second-order valence-corrected chi connectivity index (χ2v) is 10.3. The Morgan fingerprint density at radius 3 is 2.36 bits per heavy atom. The number of nitrogens with zero attached hydrogens (tertiary/aromatic N) is 3. The lowest BCUT2D eigenvalue weighted by molar-refractivity contribution is -0.136. The molecule has 1 atom stereocenters. The molecule has 0 aliphatic carbocycles. The van der Waals surface area contributed by atoms with Crippen molar-refractivity contribution in [1.82, 2.24) is 9.80 Å². The van der Waals surface area contributed by atoms with Crippen molar-refractivity contribution in [2.75, 3.05) is 20.2 Å². The lowest BCUT2D eigenvalue weighted by Gasteiger charge is -2.37. The molecule has 0 spiro atoms. The molecule has 5 rings (SSSR count). The molecule has 186 valence electrons. The van der Waals surface area contributed by atoms with E-state index in [9.17, 15) is 9.59 Å². The molecule has 0 aromatic heterocycles. The highest BCUT2D eigenvalue weighted by Gasteiger charge is 2.41. The molecule has 3 aliphatic heterocycles. The van der Waals surface area contributed by atoms with E-state index < -0.39 is 5.97 Å². The van der Waals surface area contributed by atoms with Gasteiger partial charge in [-0.3, -0.25) is 4.79 Å². The molecule has 2 aromatic rings. The standard InChI is InChI=1S/C29H31N3O3S/c1-20-26(28(34)35-2)27(23-11-7-4-8-12-23)32-24(19-36-29(32)30-20)18-25(33)31-15-13-22(14-16-31)17-21-9-5-3-6-10-21/h3-12,19,22,27H,13-18H2,1-2H3. The van der Waals surface area contributed by atoms with Crippen LogP contribution in [0.2, 0.25) is 0 Å². The van der Waals surface area contributed by atoms with Crippen molar-refractivity contribution in [3.8, 4) is 0 Å². The second kappa shape index (κ2) is 10.7. The molecule has 2 aromatic carbocycles. The molecule has 0 radical (unpaired) electrons. The summed E-state index contributed by atoms with van der Waals surface area (Å²) in [6.07, 6.45) is 3.39. The number of likely N-dealkylation sites (tertiary alicyclic amines) is 1. The summed E-state index contributed by atoms with van der Waals surface area (Å²) < 4.78 is 5.13. The van der Waals surface area contributed by atoms with Crippen molar-refractivity contribution in [1.29, 1.82) is 0 Å². The first-order valence-electron chi connectivity index (χ1n) is 12.4. The maximum Gasteiger partial charge on any atom is 0.338 e. The second-order valence-electron chi connectivity index (χ2n) is 9.49. The fourth-order valence-corrected chi connectivity index (χ4v) is 6.26. The molecule has 0 saturated carbocycles. The summed E-state index contributed by atoms with van der Waals surface area (Å²) in [6.45, 7) is 3.41. The quantitative estimate of drug-likeness (QED) is 0.503. The van der Waals surface area contributed by atoms with Crippen molar-refractivity contribution >= 4 is 28.8 Å². The van der Waals surface area contributed by atoms with Gasteiger partial charge in [-0.05, 0) is 48.6 Å². The van der Waals surface area contributed by atoms with Crippen LogP contribution < -0.4 is 0 Å². The molecular weight excluding hydrogens is 470 g/mol. The zero-order chi connectivity index (χ0) is 25.1. The highest BCUT2D eigenvalue weighted by molar-refractivity contribution is 8.16. The van der Waals surface area contributed by atoms with Gasteiger partial charge >= 0.3 is 5.97 Å². The highest BCUT2D eigenvalue weighted by Crippen LogP contribution is 2.45. The van der Waals surface area contributed by atoms with Crippen LogP contribution in [0.15, 0.2) is 88.0 Å². The Hall–Kier alpha value is -3.32. The molecule has 1 saturated heterocycles. The number of carbonyl (C=O) groups excluding carboxylic acids is 2. The van der Waals surface area contributed by atoms with Gasteiger partial charge in [-0.1, -0.05) is 72.4 Å². The number of benzene rings is 2. The van der Waals surface area contributed by atoms with Crippen molar-refractivity contribution < 1.29 is 14.3 Å².